The molecule has 0 fully saturated rings. The molecular weight excluding hydrogens is 415 g/mol. The van der Waals surface area contributed by atoms with Gasteiger partial charge in [-0.2, -0.15) is 5.10 Å². The molecule has 1 N–H and O–H groups in total. The van der Waals surface area contributed by atoms with Crippen molar-refractivity contribution in [1.82, 2.24) is 14.8 Å². The van der Waals surface area contributed by atoms with E-state index in [2.05, 4.69) is 15.4 Å². The van der Waals surface area contributed by atoms with Crippen molar-refractivity contribution in [2.75, 3.05) is 5.32 Å². The number of aryl methyl sites for hydroxylation is 2. The largest absolute Gasteiger partial charge is 0.486 e. The number of hydrogen-bond acceptors (Lipinski definition) is 5. The Balaban J connectivity index is 1.45. The monoisotopic (exact) mass is 436 g/mol. The summed E-state index contributed by atoms with van der Waals surface area (Å²) >= 11 is 1.33. The SMILES string of the molecule is Cc1ccc(-n2nc(C)c(NC(=O)c3csc(COc4ccc(F)cc4)n3)c2C)cc1. The molecule has 0 aliphatic heterocycles. The number of benzene rings is 2. The van der Waals surface area contributed by atoms with Gasteiger partial charge in [0.25, 0.3) is 5.91 Å². The molecule has 31 heavy (non-hydrogen) atoms. The van der Waals surface area contributed by atoms with E-state index in [1.165, 1.54) is 29.0 Å². The number of carbonyl (C=O) groups excluding carboxylic acids is 1. The van der Waals surface area contributed by atoms with Crippen LogP contribution < -0.4 is 10.1 Å². The van der Waals surface area contributed by atoms with Crippen LogP contribution in [-0.2, 0) is 6.61 Å². The summed E-state index contributed by atoms with van der Waals surface area (Å²) in [6.07, 6.45) is 0. The smallest absolute Gasteiger partial charge is 0.275 e. The molecule has 0 atom stereocenters. The van der Waals surface area contributed by atoms with Gasteiger partial charge in [0.15, 0.2) is 0 Å². The first-order valence-corrected chi connectivity index (χ1v) is 10.6. The van der Waals surface area contributed by atoms with Crippen LogP contribution in [0.25, 0.3) is 5.69 Å². The van der Waals surface area contributed by atoms with Crippen molar-refractivity contribution in [3.8, 4) is 11.4 Å². The van der Waals surface area contributed by atoms with Gasteiger partial charge in [0.1, 0.15) is 28.9 Å². The lowest BCUT2D eigenvalue weighted by Gasteiger charge is -2.07. The van der Waals surface area contributed by atoms with Crippen molar-refractivity contribution in [1.29, 1.82) is 0 Å². The summed E-state index contributed by atoms with van der Waals surface area (Å²) in [5, 5.41) is 9.84. The molecule has 2 aromatic carbocycles. The zero-order valence-electron chi connectivity index (χ0n) is 17.3. The fourth-order valence-electron chi connectivity index (χ4n) is 3.10. The topological polar surface area (TPSA) is 69.0 Å². The van der Waals surface area contributed by atoms with Crippen molar-refractivity contribution >= 4 is 22.9 Å². The molecule has 2 heterocycles. The predicted molar refractivity (Wildman–Crippen MR) is 119 cm³/mol. The Hall–Kier alpha value is -3.52. The van der Waals surface area contributed by atoms with E-state index in [-0.39, 0.29) is 18.3 Å². The van der Waals surface area contributed by atoms with Gasteiger partial charge in [-0.3, -0.25) is 4.79 Å². The van der Waals surface area contributed by atoms with Crippen LogP contribution in [0.15, 0.2) is 53.9 Å². The molecule has 0 saturated heterocycles. The summed E-state index contributed by atoms with van der Waals surface area (Å²) in [5.41, 5.74) is 4.64. The van der Waals surface area contributed by atoms with E-state index >= 15 is 0 Å². The summed E-state index contributed by atoms with van der Waals surface area (Å²) < 4.78 is 20.4. The Kier molecular flexibility index (Phi) is 5.81. The number of ether oxygens (including phenoxy) is 1. The van der Waals surface area contributed by atoms with Crippen molar-refractivity contribution in [2.24, 2.45) is 0 Å². The van der Waals surface area contributed by atoms with E-state index < -0.39 is 0 Å². The van der Waals surface area contributed by atoms with Crippen LogP contribution in [0.4, 0.5) is 10.1 Å². The normalized spacial score (nSPS) is 10.8. The van der Waals surface area contributed by atoms with Gasteiger partial charge in [-0.05, 0) is 57.2 Å². The second-order valence-electron chi connectivity index (χ2n) is 7.12. The summed E-state index contributed by atoms with van der Waals surface area (Å²) in [5.74, 6) is -0.0897. The van der Waals surface area contributed by atoms with Crippen molar-refractivity contribution in [3.63, 3.8) is 0 Å². The number of rotatable bonds is 6. The van der Waals surface area contributed by atoms with Crippen LogP contribution in [0, 0.1) is 26.6 Å². The maximum absolute atomic E-state index is 13.0. The molecule has 0 spiro atoms. The average Bonchev–Trinajstić information content (AvgIpc) is 3.34. The maximum Gasteiger partial charge on any atom is 0.275 e. The molecule has 0 radical (unpaired) electrons. The lowest BCUT2D eigenvalue weighted by molar-refractivity contribution is 0.102. The van der Waals surface area contributed by atoms with Gasteiger partial charge in [0.05, 0.1) is 22.8 Å². The van der Waals surface area contributed by atoms with Gasteiger partial charge in [-0.25, -0.2) is 14.1 Å². The molecule has 0 unspecified atom stereocenters. The third-order valence-electron chi connectivity index (χ3n) is 4.77. The first kappa shape index (κ1) is 20.7. The highest BCUT2D eigenvalue weighted by molar-refractivity contribution is 7.09. The number of amides is 1. The Morgan fingerprint density at radius 2 is 1.81 bits per heavy atom. The molecule has 158 valence electrons. The summed E-state index contributed by atoms with van der Waals surface area (Å²) in [6, 6.07) is 13.8. The van der Waals surface area contributed by atoms with E-state index in [0.717, 1.165) is 17.1 Å². The van der Waals surface area contributed by atoms with Crippen LogP contribution in [0.3, 0.4) is 0 Å². The fourth-order valence-corrected chi connectivity index (χ4v) is 3.78. The Morgan fingerprint density at radius 1 is 1.10 bits per heavy atom. The first-order valence-electron chi connectivity index (χ1n) is 9.68. The van der Waals surface area contributed by atoms with Gasteiger partial charge < -0.3 is 10.1 Å². The lowest BCUT2D eigenvalue weighted by Crippen LogP contribution is -2.14. The predicted octanol–water partition coefficient (Wildman–Crippen LogP) is 5.22. The quantitative estimate of drug-likeness (QED) is 0.450. The van der Waals surface area contributed by atoms with Crippen molar-refractivity contribution in [3.05, 3.63) is 87.4 Å². The van der Waals surface area contributed by atoms with E-state index in [1.807, 2.05) is 49.7 Å². The molecule has 0 aliphatic rings. The first-order chi connectivity index (χ1) is 14.9. The molecule has 0 aliphatic carbocycles. The second kappa shape index (κ2) is 8.69. The van der Waals surface area contributed by atoms with Gasteiger partial charge in [0, 0.05) is 5.38 Å². The summed E-state index contributed by atoms with van der Waals surface area (Å²) in [4.78, 5) is 17.1. The van der Waals surface area contributed by atoms with Gasteiger partial charge in [-0.15, -0.1) is 11.3 Å². The van der Waals surface area contributed by atoms with Crippen LogP contribution in [-0.4, -0.2) is 20.7 Å². The van der Waals surface area contributed by atoms with Gasteiger partial charge in [-0.1, -0.05) is 17.7 Å². The van der Waals surface area contributed by atoms with E-state index in [4.69, 9.17) is 4.74 Å². The highest BCUT2D eigenvalue weighted by Crippen LogP contribution is 2.24. The molecule has 0 saturated carbocycles. The molecule has 4 rings (SSSR count). The standard InChI is InChI=1S/C23H21FN4O2S/c1-14-4-8-18(9-5-14)28-16(3)22(15(2)27-28)26-23(29)20-13-31-21(25-20)12-30-19-10-6-17(24)7-11-19/h4-11,13H,12H2,1-3H3,(H,26,29). The zero-order chi connectivity index (χ0) is 22.0. The molecule has 0 bridgehead atoms. The average molecular weight is 437 g/mol. The molecular formula is C23H21FN4O2S. The van der Waals surface area contributed by atoms with Crippen LogP contribution in [0.1, 0.15) is 32.4 Å². The maximum atomic E-state index is 13.0. The van der Waals surface area contributed by atoms with E-state index in [9.17, 15) is 9.18 Å². The Bertz CT molecular complexity index is 1210. The third kappa shape index (κ3) is 4.64. The Labute approximate surface area is 183 Å². The number of aromatic nitrogens is 3. The van der Waals surface area contributed by atoms with Crippen molar-refractivity contribution < 1.29 is 13.9 Å². The third-order valence-corrected chi connectivity index (χ3v) is 5.59. The van der Waals surface area contributed by atoms with Crippen LogP contribution >= 0.6 is 11.3 Å². The van der Waals surface area contributed by atoms with E-state index in [0.29, 0.717) is 22.1 Å². The minimum Gasteiger partial charge on any atom is -0.486 e. The van der Waals surface area contributed by atoms with Gasteiger partial charge in [0.2, 0.25) is 0 Å². The molecule has 2 aromatic heterocycles. The highest BCUT2D eigenvalue weighted by atomic mass is 32.1. The molecule has 8 heteroatoms. The number of carbonyl (C=O) groups is 1. The number of nitrogens with one attached hydrogen (secondary N) is 1. The minimum atomic E-state index is -0.322. The summed E-state index contributed by atoms with van der Waals surface area (Å²) in [7, 11) is 0. The summed E-state index contributed by atoms with van der Waals surface area (Å²) in [6.45, 7) is 6.01. The number of halogens is 1. The van der Waals surface area contributed by atoms with Crippen molar-refractivity contribution in [2.45, 2.75) is 27.4 Å². The number of hydrogen-bond donors (Lipinski definition) is 1. The molecule has 6 nitrogen and oxygen atoms in total. The number of nitrogens with zero attached hydrogens (tertiary/aromatic N) is 3. The highest BCUT2D eigenvalue weighted by Gasteiger charge is 2.18. The lowest BCUT2D eigenvalue weighted by atomic mass is 10.2. The van der Waals surface area contributed by atoms with Crippen LogP contribution in [0.2, 0.25) is 0 Å². The second-order valence-corrected chi connectivity index (χ2v) is 8.06. The minimum absolute atomic E-state index is 0.201. The molecule has 4 aromatic rings. The molecule has 1 amide bonds. The van der Waals surface area contributed by atoms with Gasteiger partial charge >= 0.3 is 0 Å². The fraction of sp³-hybridized carbons (Fsp3) is 0.174. The zero-order valence-corrected chi connectivity index (χ0v) is 18.2. The van der Waals surface area contributed by atoms with Crippen LogP contribution in [0.5, 0.6) is 5.75 Å². The number of anilines is 1. The number of thiazole rings is 1. The Morgan fingerprint density at radius 3 is 2.52 bits per heavy atom. The van der Waals surface area contributed by atoms with E-state index in [1.54, 1.807) is 17.5 Å².